The summed E-state index contributed by atoms with van der Waals surface area (Å²) in [6.45, 7) is 8.07. The van der Waals surface area contributed by atoms with Crippen LogP contribution in [0.1, 0.15) is 24.0 Å². The topological polar surface area (TPSA) is 44.8 Å². The average molecular weight is 317 g/mol. The molecule has 2 fully saturated rings. The van der Waals surface area contributed by atoms with Crippen LogP contribution in [-0.2, 0) is 11.3 Å². The molecule has 0 aromatic heterocycles. The lowest BCUT2D eigenvalue weighted by Gasteiger charge is -2.35. The maximum atomic E-state index is 12.3. The summed E-state index contributed by atoms with van der Waals surface area (Å²) < 4.78 is 5.69. The standard InChI is InChI=1S/C18H27N3O2/c1-15-5-2-3-6-16(15)13-19-18(22)21-10-8-20(9-11-21)14-17-7-4-12-23-17/h2-3,5-6,17H,4,7-14H2,1H3,(H,19,22). The molecule has 0 bridgehead atoms. The highest BCUT2D eigenvalue weighted by atomic mass is 16.5. The first-order valence-corrected chi connectivity index (χ1v) is 8.63. The van der Waals surface area contributed by atoms with Crippen LogP contribution in [0.5, 0.6) is 0 Å². The number of carbonyl (C=O) groups excluding carboxylic acids is 1. The van der Waals surface area contributed by atoms with Gasteiger partial charge in [0.25, 0.3) is 0 Å². The summed E-state index contributed by atoms with van der Waals surface area (Å²) in [5.41, 5.74) is 2.40. The molecule has 2 amide bonds. The molecule has 0 radical (unpaired) electrons. The second kappa shape index (κ2) is 7.79. The van der Waals surface area contributed by atoms with Crippen molar-refractivity contribution < 1.29 is 9.53 Å². The highest BCUT2D eigenvalue weighted by Crippen LogP contribution is 2.14. The van der Waals surface area contributed by atoms with Crippen LogP contribution in [0, 0.1) is 6.92 Å². The quantitative estimate of drug-likeness (QED) is 0.924. The van der Waals surface area contributed by atoms with Gasteiger partial charge in [-0.05, 0) is 30.9 Å². The van der Waals surface area contributed by atoms with E-state index >= 15 is 0 Å². The van der Waals surface area contributed by atoms with Crippen LogP contribution in [0.3, 0.4) is 0 Å². The largest absolute Gasteiger partial charge is 0.377 e. The Morgan fingerprint density at radius 1 is 1.26 bits per heavy atom. The van der Waals surface area contributed by atoms with Gasteiger partial charge >= 0.3 is 6.03 Å². The van der Waals surface area contributed by atoms with Crippen LogP contribution >= 0.6 is 0 Å². The summed E-state index contributed by atoms with van der Waals surface area (Å²) in [4.78, 5) is 16.6. The van der Waals surface area contributed by atoms with Gasteiger partial charge in [-0.3, -0.25) is 4.90 Å². The van der Waals surface area contributed by atoms with Gasteiger partial charge in [-0.15, -0.1) is 0 Å². The first-order valence-electron chi connectivity index (χ1n) is 8.63. The van der Waals surface area contributed by atoms with E-state index in [4.69, 9.17) is 4.74 Å². The summed E-state index contributed by atoms with van der Waals surface area (Å²) in [6, 6.07) is 8.22. The minimum Gasteiger partial charge on any atom is -0.377 e. The molecule has 2 aliphatic rings. The number of piperazine rings is 1. The fraction of sp³-hybridized carbons (Fsp3) is 0.611. The molecule has 1 aromatic rings. The Hall–Kier alpha value is -1.59. The van der Waals surface area contributed by atoms with E-state index in [1.165, 1.54) is 24.0 Å². The monoisotopic (exact) mass is 317 g/mol. The molecule has 5 heteroatoms. The summed E-state index contributed by atoms with van der Waals surface area (Å²) in [6.07, 6.45) is 2.76. The first kappa shape index (κ1) is 16.3. The number of nitrogens with one attached hydrogen (secondary N) is 1. The van der Waals surface area contributed by atoms with Crippen LogP contribution < -0.4 is 5.32 Å². The molecular weight excluding hydrogens is 290 g/mol. The van der Waals surface area contributed by atoms with E-state index in [-0.39, 0.29) is 6.03 Å². The smallest absolute Gasteiger partial charge is 0.317 e. The SMILES string of the molecule is Cc1ccccc1CNC(=O)N1CCN(CC2CCCO2)CC1. The average Bonchev–Trinajstić information content (AvgIpc) is 3.07. The van der Waals surface area contributed by atoms with Crippen LogP contribution in [0.25, 0.3) is 0 Å². The predicted molar refractivity (Wildman–Crippen MR) is 90.4 cm³/mol. The Morgan fingerprint density at radius 2 is 2.04 bits per heavy atom. The molecule has 126 valence electrons. The van der Waals surface area contributed by atoms with Crippen molar-refractivity contribution in [3.8, 4) is 0 Å². The van der Waals surface area contributed by atoms with E-state index in [0.717, 1.165) is 39.3 Å². The Balaban J connectivity index is 1.40. The lowest BCUT2D eigenvalue weighted by atomic mass is 10.1. The molecule has 1 N–H and O–H groups in total. The third kappa shape index (κ3) is 4.45. The third-order valence-electron chi connectivity index (χ3n) is 4.84. The number of ether oxygens (including phenoxy) is 1. The summed E-state index contributed by atoms with van der Waals surface area (Å²) in [5.74, 6) is 0. The van der Waals surface area contributed by atoms with Crippen LogP contribution in [0.4, 0.5) is 4.79 Å². The van der Waals surface area contributed by atoms with Gasteiger partial charge in [0, 0.05) is 45.9 Å². The Bertz CT molecular complexity index is 521. The molecule has 5 nitrogen and oxygen atoms in total. The number of hydrogen-bond donors (Lipinski definition) is 1. The van der Waals surface area contributed by atoms with Crippen molar-refractivity contribution in [1.29, 1.82) is 0 Å². The Labute approximate surface area is 138 Å². The van der Waals surface area contributed by atoms with Gasteiger partial charge in [-0.1, -0.05) is 24.3 Å². The minimum atomic E-state index is 0.0463. The predicted octanol–water partition coefficient (Wildman–Crippen LogP) is 2.00. The molecule has 3 rings (SSSR count). The van der Waals surface area contributed by atoms with Crippen LogP contribution in [0.2, 0.25) is 0 Å². The van der Waals surface area contributed by atoms with Crippen molar-refractivity contribution in [3.05, 3.63) is 35.4 Å². The second-order valence-corrected chi connectivity index (χ2v) is 6.51. The van der Waals surface area contributed by atoms with Gasteiger partial charge in [0.1, 0.15) is 0 Å². The number of amides is 2. The molecule has 0 aliphatic carbocycles. The Kier molecular flexibility index (Phi) is 5.51. The number of nitrogens with zero attached hydrogens (tertiary/aromatic N) is 2. The number of carbonyl (C=O) groups is 1. The fourth-order valence-electron chi connectivity index (χ4n) is 3.30. The zero-order valence-corrected chi connectivity index (χ0v) is 14.0. The van der Waals surface area contributed by atoms with Crippen molar-refractivity contribution in [2.24, 2.45) is 0 Å². The number of aryl methyl sites for hydroxylation is 1. The van der Waals surface area contributed by atoms with Gasteiger partial charge in [-0.25, -0.2) is 4.79 Å². The van der Waals surface area contributed by atoms with E-state index in [9.17, 15) is 4.79 Å². The van der Waals surface area contributed by atoms with Crippen molar-refractivity contribution >= 4 is 6.03 Å². The maximum Gasteiger partial charge on any atom is 0.317 e. The summed E-state index contributed by atoms with van der Waals surface area (Å²) in [5, 5.41) is 3.04. The zero-order valence-electron chi connectivity index (χ0n) is 14.0. The third-order valence-corrected chi connectivity index (χ3v) is 4.84. The summed E-state index contributed by atoms with van der Waals surface area (Å²) in [7, 11) is 0. The highest BCUT2D eigenvalue weighted by Gasteiger charge is 2.24. The number of rotatable bonds is 4. The highest BCUT2D eigenvalue weighted by molar-refractivity contribution is 5.74. The van der Waals surface area contributed by atoms with Gasteiger partial charge < -0.3 is 15.0 Å². The molecular formula is C18H27N3O2. The summed E-state index contributed by atoms with van der Waals surface area (Å²) >= 11 is 0. The zero-order chi connectivity index (χ0) is 16.1. The number of hydrogen-bond acceptors (Lipinski definition) is 3. The van der Waals surface area contributed by atoms with E-state index < -0.39 is 0 Å². The lowest BCUT2D eigenvalue weighted by Crippen LogP contribution is -2.52. The van der Waals surface area contributed by atoms with Crippen LogP contribution in [0.15, 0.2) is 24.3 Å². The molecule has 2 aliphatic heterocycles. The van der Waals surface area contributed by atoms with E-state index in [0.29, 0.717) is 12.6 Å². The van der Waals surface area contributed by atoms with Gasteiger partial charge in [0.05, 0.1) is 6.10 Å². The number of benzene rings is 1. The fourth-order valence-corrected chi connectivity index (χ4v) is 3.30. The molecule has 1 unspecified atom stereocenters. The Morgan fingerprint density at radius 3 is 2.74 bits per heavy atom. The van der Waals surface area contributed by atoms with Gasteiger partial charge in [0.15, 0.2) is 0 Å². The molecule has 0 spiro atoms. The first-order chi connectivity index (χ1) is 11.2. The van der Waals surface area contributed by atoms with Crippen molar-refractivity contribution in [3.63, 3.8) is 0 Å². The van der Waals surface area contributed by atoms with Crippen molar-refractivity contribution in [2.45, 2.75) is 32.4 Å². The molecule has 2 saturated heterocycles. The minimum absolute atomic E-state index is 0.0463. The maximum absolute atomic E-state index is 12.3. The molecule has 23 heavy (non-hydrogen) atoms. The van der Waals surface area contributed by atoms with Crippen molar-refractivity contribution in [2.75, 3.05) is 39.3 Å². The van der Waals surface area contributed by atoms with E-state index in [1.807, 2.05) is 17.0 Å². The number of urea groups is 1. The van der Waals surface area contributed by atoms with Gasteiger partial charge in [-0.2, -0.15) is 0 Å². The molecule has 0 saturated carbocycles. The molecule has 1 aromatic carbocycles. The van der Waals surface area contributed by atoms with Crippen molar-refractivity contribution in [1.82, 2.24) is 15.1 Å². The van der Waals surface area contributed by atoms with E-state index in [1.54, 1.807) is 0 Å². The van der Waals surface area contributed by atoms with Gasteiger partial charge in [0.2, 0.25) is 0 Å². The lowest BCUT2D eigenvalue weighted by molar-refractivity contribution is 0.0561. The molecule has 2 heterocycles. The molecule has 1 atom stereocenters. The normalized spacial score (nSPS) is 22.3. The second-order valence-electron chi connectivity index (χ2n) is 6.51. The van der Waals surface area contributed by atoms with E-state index in [2.05, 4.69) is 29.3 Å². The van der Waals surface area contributed by atoms with Crippen LogP contribution in [-0.4, -0.2) is 61.3 Å².